The monoisotopic (exact) mass is 189 g/mol. The van der Waals surface area contributed by atoms with Crippen LogP contribution in [0.1, 0.15) is 10.4 Å². The van der Waals surface area contributed by atoms with Gasteiger partial charge in [0.05, 0.1) is 6.00 Å². The van der Waals surface area contributed by atoms with Crippen LogP contribution in [-0.4, -0.2) is 12.5 Å². The van der Waals surface area contributed by atoms with Crippen LogP contribution in [-0.2, 0) is 6.42 Å². The second-order valence-electron chi connectivity index (χ2n) is 2.41. The highest BCUT2D eigenvalue weighted by Gasteiger charge is 1.97. The third kappa shape index (κ3) is 2.81. The summed E-state index contributed by atoms with van der Waals surface area (Å²) in [6.45, 7) is 3.12. The molecular weight excluding hydrogens is 178 g/mol. The Labute approximate surface area is 76.4 Å². The SMILES string of the molecule is Cc1ccsc1CCNCCl. The predicted octanol–water partition coefficient (Wildman–Crippen LogP) is 2.38. The Hall–Kier alpha value is -0.0500. The molecule has 0 radical (unpaired) electrons. The fourth-order valence-corrected chi connectivity index (χ4v) is 1.97. The van der Waals surface area contributed by atoms with Crippen molar-refractivity contribution in [3.05, 3.63) is 21.9 Å². The van der Waals surface area contributed by atoms with E-state index >= 15 is 0 Å². The van der Waals surface area contributed by atoms with Crippen molar-refractivity contribution in [2.75, 3.05) is 12.5 Å². The lowest BCUT2D eigenvalue weighted by molar-refractivity contribution is 0.775. The zero-order valence-electron chi connectivity index (χ0n) is 6.56. The smallest absolute Gasteiger partial charge is 0.0713 e. The van der Waals surface area contributed by atoms with Crippen LogP contribution < -0.4 is 5.32 Å². The molecule has 0 aliphatic carbocycles. The molecule has 1 aromatic heterocycles. The van der Waals surface area contributed by atoms with Crippen molar-refractivity contribution in [2.45, 2.75) is 13.3 Å². The molecular formula is C8H12ClNS. The van der Waals surface area contributed by atoms with Gasteiger partial charge in [-0.15, -0.1) is 22.9 Å². The molecule has 0 saturated heterocycles. The molecule has 0 aliphatic rings. The molecule has 62 valence electrons. The van der Waals surface area contributed by atoms with Crippen LogP contribution in [0.15, 0.2) is 11.4 Å². The highest BCUT2D eigenvalue weighted by molar-refractivity contribution is 7.10. The van der Waals surface area contributed by atoms with E-state index in [1.54, 1.807) is 0 Å². The average molecular weight is 190 g/mol. The third-order valence-electron chi connectivity index (χ3n) is 1.59. The third-order valence-corrected chi connectivity index (χ3v) is 2.86. The van der Waals surface area contributed by atoms with E-state index in [2.05, 4.69) is 23.7 Å². The largest absolute Gasteiger partial charge is 0.304 e. The molecule has 1 aromatic rings. The summed E-state index contributed by atoms with van der Waals surface area (Å²) in [4.78, 5) is 1.46. The van der Waals surface area contributed by atoms with Gasteiger partial charge in [0.25, 0.3) is 0 Å². The number of halogens is 1. The molecule has 0 unspecified atom stereocenters. The molecule has 0 aliphatic heterocycles. The summed E-state index contributed by atoms with van der Waals surface area (Å²) in [5, 5.41) is 5.22. The standard InChI is InChI=1S/C8H12ClNS/c1-7-3-5-11-8(7)2-4-10-6-9/h3,5,10H,2,4,6H2,1H3. The van der Waals surface area contributed by atoms with Crippen LogP contribution in [0, 0.1) is 6.92 Å². The van der Waals surface area contributed by atoms with E-state index in [-0.39, 0.29) is 0 Å². The van der Waals surface area contributed by atoms with Crippen LogP contribution in [0.3, 0.4) is 0 Å². The lowest BCUT2D eigenvalue weighted by atomic mass is 10.2. The van der Waals surface area contributed by atoms with E-state index in [1.807, 2.05) is 11.3 Å². The number of hydrogen-bond donors (Lipinski definition) is 1. The second kappa shape index (κ2) is 4.75. The first-order valence-corrected chi connectivity index (χ1v) is 5.05. The summed E-state index contributed by atoms with van der Waals surface area (Å²) in [6.07, 6.45) is 1.09. The summed E-state index contributed by atoms with van der Waals surface area (Å²) < 4.78 is 0. The van der Waals surface area contributed by atoms with Crippen molar-refractivity contribution < 1.29 is 0 Å². The molecule has 0 atom stereocenters. The van der Waals surface area contributed by atoms with Gasteiger partial charge in [-0.05, 0) is 30.4 Å². The number of hydrogen-bond acceptors (Lipinski definition) is 2. The van der Waals surface area contributed by atoms with Gasteiger partial charge >= 0.3 is 0 Å². The van der Waals surface area contributed by atoms with Crippen LogP contribution >= 0.6 is 22.9 Å². The molecule has 0 bridgehead atoms. The van der Waals surface area contributed by atoms with Crippen molar-refractivity contribution in [3.8, 4) is 0 Å². The number of alkyl halides is 1. The maximum absolute atomic E-state index is 5.47. The Bertz CT molecular complexity index is 210. The van der Waals surface area contributed by atoms with Gasteiger partial charge in [-0.25, -0.2) is 0 Å². The number of thiophene rings is 1. The summed E-state index contributed by atoms with van der Waals surface area (Å²) in [5.41, 5.74) is 1.39. The quantitative estimate of drug-likeness (QED) is 0.436. The summed E-state index contributed by atoms with van der Waals surface area (Å²) in [6, 6.07) is 2.70. The molecule has 3 heteroatoms. The minimum atomic E-state index is 0.546. The van der Waals surface area contributed by atoms with Gasteiger partial charge in [0, 0.05) is 11.4 Å². The van der Waals surface area contributed by atoms with Gasteiger partial charge in [-0.3, -0.25) is 0 Å². The molecule has 0 saturated carbocycles. The van der Waals surface area contributed by atoms with Crippen LogP contribution in [0.25, 0.3) is 0 Å². The van der Waals surface area contributed by atoms with Gasteiger partial charge in [-0.2, -0.15) is 0 Å². The summed E-state index contributed by atoms with van der Waals surface area (Å²) in [7, 11) is 0. The molecule has 0 fully saturated rings. The molecule has 1 N–H and O–H groups in total. The van der Waals surface area contributed by atoms with Gasteiger partial charge in [0.2, 0.25) is 0 Å². The molecule has 0 aromatic carbocycles. The Kier molecular flexibility index (Phi) is 3.91. The van der Waals surface area contributed by atoms with Crippen molar-refractivity contribution >= 4 is 22.9 Å². The van der Waals surface area contributed by atoms with Crippen LogP contribution in [0.2, 0.25) is 0 Å². The predicted molar refractivity (Wildman–Crippen MR) is 51.5 cm³/mol. The number of aryl methyl sites for hydroxylation is 1. The van der Waals surface area contributed by atoms with Gasteiger partial charge < -0.3 is 5.32 Å². The van der Waals surface area contributed by atoms with E-state index in [0.717, 1.165) is 13.0 Å². The van der Waals surface area contributed by atoms with Crippen molar-refractivity contribution in [2.24, 2.45) is 0 Å². The van der Waals surface area contributed by atoms with Crippen molar-refractivity contribution in [1.82, 2.24) is 5.32 Å². The van der Waals surface area contributed by atoms with E-state index in [0.29, 0.717) is 6.00 Å². The van der Waals surface area contributed by atoms with Gasteiger partial charge in [0.1, 0.15) is 0 Å². The van der Waals surface area contributed by atoms with Crippen molar-refractivity contribution in [1.29, 1.82) is 0 Å². The topological polar surface area (TPSA) is 12.0 Å². The molecule has 0 amide bonds. The fraction of sp³-hybridized carbons (Fsp3) is 0.500. The highest BCUT2D eigenvalue weighted by atomic mass is 35.5. The zero-order chi connectivity index (χ0) is 8.10. The molecule has 0 spiro atoms. The first kappa shape index (κ1) is 9.04. The van der Waals surface area contributed by atoms with E-state index in [4.69, 9.17) is 11.6 Å². The molecule has 1 nitrogen and oxygen atoms in total. The normalized spacial score (nSPS) is 10.4. The summed E-state index contributed by atoms with van der Waals surface area (Å²) >= 11 is 7.29. The van der Waals surface area contributed by atoms with Crippen LogP contribution in [0.4, 0.5) is 0 Å². The summed E-state index contributed by atoms with van der Waals surface area (Å²) in [5.74, 6) is 0. The Balaban J connectivity index is 2.32. The van der Waals surface area contributed by atoms with E-state index in [1.165, 1.54) is 10.4 Å². The van der Waals surface area contributed by atoms with E-state index < -0.39 is 0 Å². The number of rotatable bonds is 4. The molecule has 1 heterocycles. The average Bonchev–Trinajstić information content (AvgIpc) is 2.37. The Morgan fingerprint density at radius 1 is 1.64 bits per heavy atom. The maximum Gasteiger partial charge on any atom is 0.0713 e. The van der Waals surface area contributed by atoms with Crippen molar-refractivity contribution in [3.63, 3.8) is 0 Å². The first-order valence-electron chi connectivity index (χ1n) is 3.64. The van der Waals surface area contributed by atoms with Crippen LogP contribution in [0.5, 0.6) is 0 Å². The lowest BCUT2D eigenvalue weighted by Crippen LogP contribution is -2.14. The molecule has 1 rings (SSSR count). The minimum absolute atomic E-state index is 0.546. The highest BCUT2D eigenvalue weighted by Crippen LogP contribution is 2.15. The van der Waals surface area contributed by atoms with Gasteiger partial charge in [0.15, 0.2) is 0 Å². The van der Waals surface area contributed by atoms with Gasteiger partial charge in [-0.1, -0.05) is 0 Å². The Morgan fingerprint density at radius 2 is 2.45 bits per heavy atom. The molecule has 11 heavy (non-hydrogen) atoms. The zero-order valence-corrected chi connectivity index (χ0v) is 8.13. The Morgan fingerprint density at radius 3 is 3.00 bits per heavy atom. The second-order valence-corrected chi connectivity index (χ2v) is 3.68. The minimum Gasteiger partial charge on any atom is -0.304 e. The first-order chi connectivity index (χ1) is 5.34. The maximum atomic E-state index is 5.47. The number of nitrogens with one attached hydrogen (secondary N) is 1. The fourth-order valence-electron chi connectivity index (χ4n) is 0.929. The van der Waals surface area contributed by atoms with E-state index in [9.17, 15) is 0 Å². The lowest BCUT2D eigenvalue weighted by Gasteiger charge is -1.98.